The summed E-state index contributed by atoms with van der Waals surface area (Å²) in [6.07, 6.45) is 5.43. The molecule has 1 aromatic heterocycles. The highest BCUT2D eigenvalue weighted by molar-refractivity contribution is 5.75. The van der Waals surface area contributed by atoms with E-state index >= 15 is 0 Å². The van der Waals surface area contributed by atoms with Gasteiger partial charge in [0.1, 0.15) is 0 Å². The Kier molecular flexibility index (Phi) is 5.09. The van der Waals surface area contributed by atoms with Crippen LogP contribution in [0.25, 0.3) is 0 Å². The van der Waals surface area contributed by atoms with Crippen molar-refractivity contribution in [3.63, 3.8) is 0 Å². The molecule has 1 rings (SSSR count). The second kappa shape index (κ2) is 6.34. The SMILES string of the molecule is CCC(N)(CC)CNC(=O)CCn1ccnn1. The van der Waals surface area contributed by atoms with Crippen molar-refractivity contribution in [2.45, 2.75) is 45.2 Å². The monoisotopic (exact) mass is 239 g/mol. The standard InChI is InChI=1S/C11H21N5O/c1-3-11(12,4-2)9-13-10(17)5-7-16-8-6-14-15-16/h6,8H,3-5,7,9,12H2,1-2H3,(H,13,17). The molecular formula is C11H21N5O. The van der Waals surface area contributed by atoms with Crippen LogP contribution in [-0.4, -0.2) is 33.0 Å². The lowest BCUT2D eigenvalue weighted by atomic mass is 9.94. The Labute approximate surface area is 102 Å². The van der Waals surface area contributed by atoms with Crippen LogP contribution in [-0.2, 0) is 11.3 Å². The second-order valence-electron chi connectivity index (χ2n) is 4.26. The highest BCUT2D eigenvalue weighted by Crippen LogP contribution is 2.09. The van der Waals surface area contributed by atoms with E-state index in [0.717, 1.165) is 12.8 Å². The van der Waals surface area contributed by atoms with Crippen LogP contribution in [0.2, 0.25) is 0 Å². The van der Waals surface area contributed by atoms with Gasteiger partial charge < -0.3 is 11.1 Å². The van der Waals surface area contributed by atoms with E-state index < -0.39 is 0 Å². The van der Waals surface area contributed by atoms with Gasteiger partial charge in [-0.05, 0) is 12.8 Å². The number of hydrogen-bond donors (Lipinski definition) is 2. The smallest absolute Gasteiger partial charge is 0.221 e. The quantitative estimate of drug-likeness (QED) is 0.716. The molecule has 0 fully saturated rings. The van der Waals surface area contributed by atoms with Gasteiger partial charge in [-0.25, -0.2) is 0 Å². The lowest BCUT2D eigenvalue weighted by Gasteiger charge is -2.26. The summed E-state index contributed by atoms with van der Waals surface area (Å²) in [6.45, 7) is 5.13. The first-order chi connectivity index (χ1) is 8.09. The summed E-state index contributed by atoms with van der Waals surface area (Å²) in [6, 6.07) is 0. The highest BCUT2D eigenvalue weighted by Gasteiger charge is 2.20. The lowest BCUT2D eigenvalue weighted by molar-refractivity contribution is -0.121. The van der Waals surface area contributed by atoms with Gasteiger partial charge in [0.15, 0.2) is 0 Å². The fourth-order valence-electron chi connectivity index (χ4n) is 1.43. The van der Waals surface area contributed by atoms with Crippen molar-refractivity contribution in [2.24, 2.45) is 5.73 Å². The average molecular weight is 239 g/mol. The normalized spacial score (nSPS) is 11.5. The summed E-state index contributed by atoms with van der Waals surface area (Å²) in [5.74, 6) is -0.00257. The fourth-order valence-corrected chi connectivity index (χ4v) is 1.43. The molecule has 0 aliphatic rings. The number of nitrogens with one attached hydrogen (secondary N) is 1. The minimum atomic E-state index is -0.289. The van der Waals surface area contributed by atoms with Crippen LogP contribution in [0.3, 0.4) is 0 Å². The molecule has 0 aliphatic carbocycles. The molecule has 96 valence electrons. The molecule has 0 aromatic carbocycles. The van der Waals surface area contributed by atoms with Crippen LogP contribution in [0, 0.1) is 0 Å². The number of carbonyl (C=O) groups is 1. The summed E-state index contributed by atoms with van der Waals surface area (Å²) in [5.41, 5.74) is 5.80. The minimum absolute atomic E-state index is 0.00257. The summed E-state index contributed by atoms with van der Waals surface area (Å²) in [5, 5.41) is 10.3. The second-order valence-corrected chi connectivity index (χ2v) is 4.26. The molecule has 6 heteroatoms. The van der Waals surface area contributed by atoms with E-state index in [1.807, 2.05) is 13.8 Å². The summed E-state index contributed by atoms with van der Waals surface area (Å²) in [7, 11) is 0. The maximum Gasteiger partial charge on any atom is 0.221 e. The van der Waals surface area contributed by atoms with Crippen molar-refractivity contribution in [3.8, 4) is 0 Å². The molecule has 0 bridgehead atoms. The number of aryl methyl sites for hydroxylation is 1. The first-order valence-electron chi connectivity index (χ1n) is 5.99. The van der Waals surface area contributed by atoms with E-state index in [0.29, 0.717) is 19.5 Å². The van der Waals surface area contributed by atoms with Crippen LogP contribution >= 0.6 is 0 Å². The van der Waals surface area contributed by atoms with Crippen molar-refractivity contribution in [3.05, 3.63) is 12.4 Å². The predicted octanol–water partition coefficient (Wildman–Crippen LogP) is 0.302. The van der Waals surface area contributed by atoms with Crippen molar-refractivity contribution in [2.75, 3.05) is 6.54 Å². The summed E-state index contributed by atoms with van der Waals surface area (Å²) >= 11 is 0. The van der Waals surface area contributed by atoms with E-state index in [4.69, 9.17) is 5.73 Å². The largest absolute Gasteiger partial charge is 0.354 e. The van der Waals surface area contributed by atoms with Crippen molar-refractivity contribution in [1.29, 1.82) is 0 Å². The maximum absolute atomic E-state index is 11.6. The molecule has 0 saturated heterocycles. The van der Waals surface area contributed by atoms with Gasteiger partial charge >= 0.3 is 0 Å². The third-order valence-electron chi connectivity index (χ3n) is 3.09. The Morgan fingerprint density at radius 1 is 1.47 bits per heavy atom. The zero-order valence-electron chi connectivity index (χ0n) is 10.5. The molecule has 1 heterocycles. The van der Waals surface area contributed by atoms with Crippen molar-refractivity contribution >= 4 is 5.91 Å². The number of carbonyl (C=O) groups excluding carboxylic acids is 1. The zero-order chi connectivity index (χ0) is 12.7. The van der Waals surface area contributed by atoms with E-state index in [9.17, 15) is 4.79 Å². The molecule has 3 N–H and O–H groups in total. The molecule has 0 radical (unpaired) electrons. The number of hydrogen-bond acceptors (Lipinski definition) is 4. The maximum atomic E-state index is 11.6. The Bertz CT molecular complexity index is 332. The molecule has 0 spiro atoms. The summed E-state index contributed by atoms with van der Waals surface area (Å²) in [4.78, 5) is 11.6. The Morgan fingerprint density at radius 3 is 2.71 bits per heavy atom. The Balaban J connectivity index is 2.26. The van der Waals surface area contributed by atoms with Gasteiger partial charge in [-0.15, -0.1) is 5.10 Å². The van der Waals surface area contributed by atoms with Gasteiger partial charge in [-0.2, -0.15) is 0 Å². The van der Waals surface area contributed by atoms with Crippen molar-refractivity contribution in [1.82, 2.24) is 20.3 Å². The molecule has 0 atom stereocenters. The van der Waals surface area contributed by atoms with Gasteiger partial charge in [0.05, 0.1) is 12.7 Å². The van der Waals surface area contributed by atoms with Crippen LogP contribution < -0.4 is 11.1 Å². The van der Waals surface area contributed by atoms with Crippen molar-refractivity contribution < 1.29 is 4.79 Å². The summed E-state index contributed by atoms with van der Waals surface area (Å²) < 4.78 is 1.63. The van der Waals surface area contributed by atoms with E-state index in [1.54, 1.807) is 17.1 Å². The number of amides is 1. The third kappa shape index (κ3) is 4.52. The predicted molar refractivity (Wildman–Crippen MR) is 65.1 cm³/mol. The first-order valence-corrected chi connectivity index (χ1v) is 5.99. The topological polar surface area (TPSA) is 85.8 Å². The van der Waals surface area contributed by atoms with Gasteiger partial charge in [-0.1, -0.05) is 19.1 Å². The fraction of sp³-hybridized carbons (Fsp3) is 0.727. The van der Waals surface area contributed by atoms with Crippen LogP contribution in [0.15, 0.2) is 12.4 Å². The number of nitrogens with zero attached hydrogens (tertiary/aromatic N) is 3. The minimum Gasteiger partial charge on any atom is -0.354 e. The lowest BCUT2D eigenvalue weighted by Crippen LogP contribution is -2.49. The van der Waals surface area contributed by atoms with E-state index in [2.05, 4.69) is 15.6 Å². The molecule has 0 unspecified atom stereocenters. The third-order valence-corrected chi connectivity index (χ3v) is 3.09. The molecule has 6 nitrogen and oxygen atoms in total. The van der Waals surface area contributed by atoms with E-state index in [1.165, 1.54) is 0 Å². The average Bonchev–Trinajstić information content (AvgIpc) is 2.86. The molecule has 0 saturated carbocycles. The molecule has 17 heavy (non-hydrogen) atoms. The first kappa shape index (κ1) is 13.6. The van der Waals surface area contributed by atoms with E-state index in [-0.39, 0.29) is 11.4 Å². The van der Waals surface area contributed by atoms with Gasteiger partial charge in [0, 0.05) is 24.7 Å². The van der Waals surface area contributed by atoms with Gasteiger partial charge in [-0.3, -0.25) is 9.48 Å². The number of aromatic nitrogens is 3. The number of rotatable bonds is 7. The Hall–Kier alpha value is -1.43. The van der Waals surface area contributed by atoms with Crippen LogP contribution in [0.5, 0.6) is 0 Å². The van der Waals surface area contributed by atoms with Gasteiger partial charge in [0.25, 0.3) is 0 Å². The Morgan fingerprint density at radius 2 is 2.18 bits per heavy atom. The van der Waals surface area contributed by atoms with Crippen LogP contribution in [0.4, 0.5) is 0 Å². The molecule has 1 aromatic rings. The van der Waals surface area contributed by atoms with Crippen LogP contribution in [0.1, 0.15) is 33.1 Å². The molecular weight excluding hydrogens is 218 g/mol. The van der Waals surface area contributed by atoms with Gasteiger partial charge in [0.2, 0.25) is 5.91 Å². The zero-order valence-corrected chi connectivity index (χ0v) is 10.5. The number of nitrogens with two attached hydrogens (primary N) is 1. The highest BCUT2D eigenvalue weighted by atomic mass is 16.1. The molecule has 1 amide bonds. The molecule has 0 aliphatic heterocycles.